The quantitative estimate of drug-likeness (QED) is 0.678. The molecule has 22 heavy (non-hydrogen) atoms. The third kappa shape index (κ3) is 3.74. The van der Waals surface area contributed by atoms with E-state index in [1.807, 2.05) is 26.7 Å². The van der Waals surface area contributed by atoms with Crippen molar-refractivity contribution in [2.24, 2.45) is 0 Å². The van der Waals surface area contributed by atoms with E-state index in [0.717, 1.165) is 0 Å². The Morgan fingerprint density at radius 3 is 2.64 bits per heavy atom. The van der Waals surface area contributed by atoms with Crippen LogP contribution in [0, 0.1) is 0 Å². The zero-order valence-electron chi connectivity index (χ0n) is 13.0. The summed E-state index contributed by atoms with van der Waals surface area (Å²) in [5.41, 5.74) is 0.960. The molecular formula is C16H20N2O4. The number of piperazine rings is 1. The van der Waals surface area contributed by atoms with Crippen molar-refractivity contribution in [1.82, 2.24) is 5.06 Å². The molecule has 0 spiro atoms. The van der Waals surface area contributed by atoms with E-state index in [9.17, 15) is 14.7 Å². The highest BCUT2D eigenvalue weighted by Crippen LogP contribution is 2.27. The number of carbonyl (C=O) groups excluding carboxylic acids is 2. The molecule has 0 amide bonds. The molecule has 0 atom stereocenters. The lowest BCUT2D eigenvalue weighted by Gasteiger charge is -2.38. The van der Waals surface area contributed by atoms with E-state index in [2.05, 4.69) is 0 Å². The van der Waals surface area contributed by atoms with Crippen LogP contribution >= 0.6 is 0 Å². The highest BCUT2D eigenvalue weighted by molar-refractivity contribution is 5.82. The Bertz CT molecular complexity index is 615. The Morgan fingerprint density at radius 1 is 1.32 bits per heavy atom. The van der Waals surface area contributed by atoms with Gasteiger partial charge in [-0.2, -0.15) is 5.06 Å². The summed E-state index contributed by atoms with van der Waals surface area (Å²) in [6.45, 7) is 7.29. The summed E-state index contributed by atoms with van der Waals surface area (Å²) in [7, 11) is 0. The molecule has 1 fully saturated rings. The molecule has 6 nitrogen and oxygen atoms in total. The standard InChI is InChI=1S/C16H20N2O4/c1-16(2,3)22-17-6-7-18(14(9-17)11-20)13-4-5-15(21)12(8-13)10-19/h4-5,8,10,21H,6-7,9H2,1-3H3. The van der Waals surface area contributed by atoms with Crippen molar-refractivity contribution in [2.75, 3.05) is 24.5 Å². The minimum absolute atomic E-state index is 0.0786. The van der Waals surface area contributed by atoms with Gasteiger partial charge in [-0.25, -0.2) is 4.79 Å². The zero-order chi connectivity index (χ0) is 16.3. The smallest absolute Gasteiger partial charge is 0.153 e. The maximum atomic E-state index is 11.3. The van der Waals surface area contributed by atoms with Crippen LogP contribution in [0.5, 0.6) is 5.75 Å². The van der Waals surface area contributed by atoms with Gasteiger partial charge in [-0.3, -0.25) is 9.63 Å². The molecular weight excluding hydrogens is 284 g/mol. The summed E-state index contributed by atoms with van der Waals surface area (Å²) < 4.78 is 0. The van der Waals surface area contributed by atoms with Crippen LogP contribution in [0.4, 0.5) is 5.69 Å². The Balaban J connectivity index is 2.20. The maximum absolute atomic E-state index is 11.3. The fourth-order valence-electron chi connectivity index (χ4n) is 2.32. The monoisotopic (exact) mass is 304 g/mol. The van der Waals surface area contributed by atoms with Gasteiger partial charge in [-0.1, -0.05) is 0 Å². The maximum Gasteiger partial charge on any atom is 0.153 e. The molecule has 0 aliphatic carbocycles. The lowest BCUT2D eigenvalue weighted by Crippen LogP contribution is -2.47. The van der Waals surface area contributed by atoms with E-state index >= 15 is 0 Å². The van der Waals surface area contributed by atoms with Crippen molar-refractivity contribution in [3.63, 3.8) is 0 Å². The number of nitrogens with zero attached hydrogens (tertiary/aromatic N) is 2. The summed E-state index contributed by atoms with van der Waals surface area (Å²) in [5, 5.41) is 11.3. The van der Waals surface area contributed by atoms with Gasteiger partial charge in [0.15, 0.2) is 6.29 Å². The average molecular weight is 304 g/mol. The van der Waals surface area contributed by atoms with Crippen LogP contribution in [0.1, 0.15) is 31.1 Å². The summed E-state index contributed by atoms with van der Waals surface area (Å²) in [6, 6.07) is 4.67. The van der Waals surface area contributed by atoms with E-state index in [1.54, 1.807) is 22.1 Å². The molecule has 0 saturated carbocycles. The molecule has 0 bridgehead atoms. The Kier molecular flexibility index (Phi) is 4.66. The van der Waals surface area contributed by atoms with Crippen molar-refractivity contribution < 1.29 is 19.5 Å². The van der Waals surface area contributed by atoms with Gasteiger partial charge < -0.3 is 10.0 Å². The average Bonchev–Trinajstić information content (AvgIpc) is 2.46. The second-order valence-electron chi connectivity index (χ2n) is 6.13. The van der Waals surface area contributed by atoms with Crippen LogP contribution in [-0.2, 0) is 9.63 Å². The molecule has 0 unspecified atom stereocenters. The van der Waals surface area contributed by atoms with Crippen LogP contribution in [0.2, 0.25) is 0 Å². The number of hydrogen-bond acceptors (Lipinski definition) is 6. The molecule has 1 aromatic carbocycles. The molecule has 1 aliphatic heterocycles. The first kappa shape index (κ1) is 16.2. The number of benzene rings is 1. The topological polar surface area (TPSA) is 70.1 Å². The lowest BCUT2D eigenvalue weighted by atomic mass is 10.1. The lowest BCUT2D eigenvalue weighted by molar-refractivity contribution is -0.225. The molecule has 2 rings (SSSR count). The Hall–Kier alpha value is -2.14. The van der Waals surface area contributed by atoms with Gasteiger partial charge in [0, 0.05) is 18.8 Å². The predicted octanol–water partition coefficient (Wildman–Crippen LogP) is 1.77. The van der Waals surface area contributed by atoms with E-state index in [4.69, 9.17) is 4.84 Å². The van der Waals surface area contributed by atoms with Crippen molar-refractivity contribution in [1.29, 1.82) is 0 Å². The normalized spacial score (nSPS) is 16.5. The van der Waals surface area contributed by atoms with Crippen LogP contribution in [0.25, 0.3) is 0 Å². The number of hydrogen-bond donors (Lipinski definition) is 1. The van der Waals surface area contributed by atoms with Gasteiger partial charge in [-0.05, 0) is 39.0 Å². The summed E-state index contributed by atoms with van der Waals surface area (Å²) in [6.07, 6.45) is 0.585. The number of carbonyl (C=O) groups is 1. The molecule has 0 radical (unpaired) electrons. The highest BCUT2D eigenvalue weighted by Gasteiger charge is 2.27. The third-order valence-corrected chi connectivity index (χ3v) is 3.20. The molecule has 1 aromatic rings. The van der Waals surface area contributed by atoms with Crippen molar-refractivity contribution in [3.8, 4) is 5.75 Å². The van der Waals surface area contributed by atoms with Crippen LogP contribution in [0.3, 0.4) is 0 Å². The van der Waals surface area contributed by atoms with E-state index < -0.39 is 0 Å². The van der Waals surface area contributed by atoms with Gasteiger partial charge in [0.25, 0.3) is 0 Å². The molecule has 1 N–H and O–H groups in total. The van der Waals surface area contributed by atoms with Crippen LogP contribution in [0.15, 0.2) is 23.9 Å². The van der Waals surface area contributed by atoms with Crippen LogP contribution in [-0.4, -0.2) is 47.6 Å². The summed E-state index contributed by atoms with van der Waals surface area (Å²) in [5.74, 6) is 1.86. The first-order chi connectivity index (χ1) is 10.3. The van der Waals surface area contributed by atoms with Gasteiger partial charge >= 0.3 is 0 Å². The number of anilines is 1. The van der Waals surface area contributed by atoms with Crippen molar-refractivity contribution in [2.45, 2.75) is 26.4 Å². The number of aromatic hydroxyl groups is 1. The fourth-order valence-corrected chi connectivity index (χ4v) is 2.32. The summed E-state index contributed by atoms with van der Waals surface area (Å²) in [4.78, 5) is 29.8. The first-order valence-electron chi connectivity index (χ1n) is 7.08. The third-order valence-electron chi connectivity index (χ3n) is 3.20. The van der Waals surface area contributed by atoms with Crippen molar-refractivity contribution >= 4 is 17.9 Å². The van der Waals surface area contributed by atoms with Gasteiger partial charge in [-0.15, -0.1) is 0 Å². The number of hydroxylamine groups is 2. The van der Waals surface area contributed by atoms with Gasteiger partial charge in [0.2, 0.25) is 0 Å². The van der Waals surface area contributed by atoms with Gasteiger partial charge in [0.1, 0.15) is 17.4 Å². The van der Waals surface area contributed by atoms with E-state index in [-0.39, 0.29) is 16.9 Å². The molecule has 6 heteroatoms. The number of rotatable bonds is 3. The zero-order valence-corrected chi connectivity index (χ0v) is 13.0. The molecule has 0 aromatic heterocycles. The highest BCUT2D eigenvalue weighted by atomic mass is 16.7. The van der Waals surface area contributed by atoms with Crippen LogP contribution < -0.4 is 4.90 Å². The molecule has 1 heterocycles. The van der Waals surface area contributed by atoms with Crippen molar-refractivity contribution in [3.05, 3.63) is 29.5 Å². The molecule has 118 valence electrons. The number of phenolic OH excluding ortho intramolecular Hbond substituents is 1. The minimum Gasteiger partial charge on any atom is -0.507 e. The van der Waals surface area contributed by atoms with E-state index in [1.165, 1.54) is 6.07 Å². The molecule has 1 aliphatic rings. The number of phenols is 1. The molecule has 1 saturated heterocycles. The number of aldehydes is 1. The largest absolute Gasteiger partial charge is 0.507 e. The van der Waals surface area contributed by atoms with E-state index in [0.29, 0.717) is 37.3 Å². The second kappa shape index (κ2) is 6.32. The van der Waals surface area contributed by atoms with Gasteiger partial charge in [0.05, 0.1) is 17.7 Å². The SMILES string of the molecule is CC(C)(C)ON1CCN(c2ccc(O)c(C=O)c2)C(=C=O)C1. The Morgan fingerprint density at radius 2 is 2.05 bits per heavy atom. The second-order valence-corrected chi connectivity index (χ2v) is 6.13. The first-order valence-corrected chi connectivity index (χ1v) is 7.08. The fraction of sp³-hybridized carbons (Fsp3) is 0.438. The minimum atomic E-state index is -0.334. The predicted molar refractivity (Wildman–Crippen MR) is 82.5 cm³/mol. The summed E-state index contributed by atoms with van der Waals surface area (Å²) >= 11 is 0. The Labute approximate surface area is 129 Å².